The second-order valence-electron chi connectivity index (χ2n) is 3.35. The van der Waals surface area contributed by atoms with Gasteiger partial charge in [0.2, 0.25) is 0 Å². The monoisotopic (exact) mass is 187 g/mol. The summed E-state index contributed by atoms with van der Waals surface area (Å²) in [5.74, 6) is 1.15. The molecule has 0 aromatic heterocycles. The normalized spacial score (nSPS) is 26.7. The van der Waals surface area contributed by atoms with Crippen LogP contribution in [0.15, 0.2) is 4.99 Å². The second-order valence-corrected chi connectivity index (χ2v) is 4.36. The van der Waals surface area contributed by atoms with Crippen LogP contribution in [0.4, 0.5) is 0 Å². The van der Waals surface area contributed by atoms with Gasteiger partial charge in [-0.2, -0.15) is 0 Å². The average Bonchev–Trinajstić information content (AvgIpc) is 2.35. The van der Waals surface area contributed by atoms with Gasteiger partial charge < -0.3 is 10.2 Å². The van der Waals surface area contributed by atoms with Crippen LogP contribution in [0, 0.1) is 0 Å². The van der Waals surface area contributed by atoms with Crippen LogP contribution in [0.3, 0.4) is 0 Å². The first-order chi connectivity index (χ1) is 5.68. The van der Waals surface area contributed by atoms with Gasteiger partial charge in [-0.05, 0) is 21.0 Å². The summed E-state index contributed by atoms with van der Waals surface area (Å²) in [5, 5.41) is 4.44. The second kappa shape index (κ2) is 4.72. The van der Waals surface area contributed by atoms with Crippen molar-refractivity contribution in [2.45, 2.75) is 13.0 Å². The molecule has 1 fully saturated rings. The van der Waals surface area contributed by atoms with Crippen LogP contribution in [-0.2, 0) is 0 Å². The molecule has 0 spiro atoms. The zero-order chi connectivity index (χ0) is 8.97. The molecule has 0 amide bonds. The summed E-state index contributed by atoms with van der Waals surface area (Å²) in [7, 11) is 4.13. The van der Waals surface area contributed by atoms with E-state index < -0.39 is 0 Å². The summed E-state index contributed by atoms with van der Waals surface area (Å²) in [6.45, 7) is 4.11. The molecule has 1 rings (SSSR count). The summed E-state index contributed by atoms with van der Waals surface area (Å²) < 4.78 is 0. The number of amidine groups is 1. The Morgan fingerprint density at radius 2 is 2.42 bits per heavy atom. The number of thioether (sulfide) groups is 1. The van der Waals surface area contributed by atoms with Crippen molar-refractivity contribution in [3.63, 3.8) is 0 Å². The Bertz CT molecular complexity index is 168. The molecular formula is C8H17N3S. The molecule has 0 aromatic carbocycles. The van der Waals surface area contributed by atoms with E-state index in [0.29, 0.717) is 6.04 Å². The van der Waals surface area contributed by atoms with E-state index in [1.165, 1.54) is 0 Å². The van der Waals surface area contributed by atoms with Crippen LogP contribution in [0.2, 0.25) is 0 Å². The molecule has 3 nitrogen and oxygen atoms in total. The third kappa shape index (κ3) is 3.45. The van der Waals surface area contributed by atoms with Gasteiger partial charge in [0.1, 0.15) is 0 Å². The first-order valence-corrected chi connectivity index (χ1v) is 5.25. The molecule has 1 heterocycles. The zero-order valence-corrected chi connectivity index (χ0v) is 8.82. The Kier molecular flexibility index (Phi) is 3.88. The lowest BCUT2D eigenvalue weighted by atomic mass is 10.4. The van der Waals surface area contributed by atoms with Gasteiger partial charge >= 0.3 is 0 Å². The first-order valence-electron chi connectivity index (χ1n) is 4.27. The Balaban J connectivity index is 2.19. The maximum Gasteiger partial charge on any atom is 0.156 e. The minimum Gasteiger partial charge on any atom is -0.362 e. The Hall–Kier alpha value is -0.220. The van der Waals surface area contributed by atoms with E-state index in [4.69, 9.17) is 0 Å². The van der Waals surface area contributed by atoms with E-state index in [1.807, 2.05) is 11.8 Å². The molecule has 1 unspecified atom stereocenters. The molecule has 1 atom stereocenters. The fourth-order valence-corrected chi connectivity index (χ4v) is 1.90. The summed E-state index contributed by atoms with van der Waals surface area (Å²) in [4.78, 5) is 6.59. The smallest absolute Gasteiger partial charge is 0.156 e. The summed E-state index contributed by atoms with van der Waals surface area (Å²) in [6, 6.07) is 0.591. The topological polar surface area (TPSA) is 27.6 Å². The third-order valence-electron chi connectivity index (χ3n) is 1.64. The van der Waals surface area contributed by atoms with Crippen molar-refractivity contribution in [3.8, 4) is 0 Å². The molecule has 0 aromatic rings. The minimum absolute atomic E-state index is 0.591. The lowest BCUT2D eigenvalue weighted by molar-refractivity contribution is 0.420. The van der Waals surface area contributed by atoms with E-state index in [2.05, 4.69) is 36.2 Å². The van der Waals surface area contributed by atoms with Crippen molar-refractivity contribution in [3.05, 3.63) is 0 Å². The highest BCUT2D eigenvalue weighted by Gasteiger charge is 2.14. The van der Waals surface area contributed by atoms with E-state index in [0.717, 1.165) is 24.0 Å². The Labute approximate surface area is 78.6 Å². The van der Waals surface area contributed by atoms with Crippen molar-refractivity contribution in [2.24, 2.45) is 4.99 Å². The molecule has 0 bridgehead atoms. The number of aliphatic imine (C=N–C) groups is 1. The molecule has 12 heavy (non-hydrogen) atoms. The number of hydrogen-bond donors (Lipinski definition) is 1. The van der Waals surface area contributed by atoms with Gasteiger partial charge in [-0.15, -0.1) is 0 Å². The molecular weight excluding hydrogens is 170 g/mol. The number of nitrogens with zero attached hydrogens (tertiary/aromatic N) is 2. The maximum absolute atomic E-state index is 4.44. The molecule has 0 saturated carbocycles. The van der Waals surface area contributed by atoms with Crippen molar-refractivity contribution in [2.75, 3.05) is 32.9 Å². The van der Waals surface area contributed by atoms with Crippen molar-refractivity contribution in [1.82, 2.24) is 10.2 Å². The first kappa shape index (κ1) is 9.86. The Morgan fingerprint density at radius 3 is 2.92 bits per heavy atom. The number of likely N-dealkylation sites (N-methyl/N-ethyl adjacent to an activating group) is 1. The van der Waals surface area contributed by atoms with Crippen LogP contribution in [-0.4, -0.2) is 49.0 Å². The van der Waals surface area contributed by atoms with Gasteiger partial charge in [0.25, 0.3) is 0 Å². The molecule has 0 radical (unpaired) electrons. The van der Waals surface area contributed by atoms with Crippen LogP contribution < -0.4 is 5.32 Å². The molecule has 0 aliphatic carbocycles. The summed E-state index contributed by atoms with van der Waals surface area (Å²) in [5.41, 5.74) is 0. The van der Waals surface area contributed by atoms with Crippen molar-refractivity contribution >= 4 is 16.9 Å². The van der Waals surface area contributed by atoms with Gasteiger partial charge in [0.05, 0.1) is 6.54 Å². The quantitative estimate of drug-likeness (QED) is 0.702. The number of hydrogen-bond acceptors (Lipinski definition) is 3. The maximum atomic E-state index is 4.44. The van der Waals surface area contributed by atoms with Gasteiger partial charge in [-0.3, -0.25) is 4.99 Å². The third-order valence-corrected chi connectivity index (χ3v) is 2.83. The van der Waals surface area contributed by atoms with Crippen LogP contribution in [0.25, 0.3) is 0 Å². The van der Waals surface area contributed by atoms with Crippen LogP contribution in [0.1, 0.15) is 6.92 Å². The summed E-state index contributed by atoms with van der Waals surface area (Å²) >= 11 is 1.82. The average molecular weight is 187 g/mol. The van der Waals surface area contributed by atoms with Crippen LogP contribution >= 0.6 is 11.8 Å². The fraction of sp³-hybridized carbons (Fsp3) is 0.875. The van der Waals surface area contributed by atoms with E-state index in [-0.39, 0.29) is 0 Å². The highest BCUT2D eigenvalue weighted by Crippen LogP contribution is 2.12. The van der Waals surface area contributed by atoms with Crippen LogP contribution in [0.5, 0.6) is 0 Å². The van der Waals surface area contributed by atoms with E-state index in [1.54, 1.807) is 0 Å². The van der Waals surface area contributed by atoms with E-state index in [9.17, 15) is 0 Å². The van der Waals surface area contributed by atoms with Gasteiger partial charge in [0, 0.05) is 18.3 Å². The predicted molar refractivity (Wildman–Crippen MR) is 55.9 cm³/mol. The molecule has 1 N–H and O–H groups in total. The summed E-state index contributed by atoms with van der Waals surface area (Å²) in [6.07, 6.45) is 0. The largest absolute Gasteiger partial charge is 0.362 e. The van der Waals surface area contributed by atoms with Gasteiger partial charge in [-0.25, -0.2) is 0 Å². The predicted octanol–water partition coefficient (Wildman–Crippen LogP) is 0.629. The number of nitrogens with one attached hydrogen (secondary N) is 1. The molecule has 70 valence electrons. The Morgan fingerprint density at radius 1 is 1.67 bits per heavy atom. The lowest BCUT2D eigenvalue weighted by Gasteiger charge is -2.06. The fourth-order valence-electron chi connectivity index (χ4n) is 0.941. The van der Waals surface area contributed by atoms with Crippen molar-refractivity contribution < 1.29 is 0 Å². The molecule has 1 aliphatic rings. The van der Waals surface area contributed by atoms with E-state index >= 15 is 0 Å². The molecule has 1 saturated heterocycles. The zero-order valence-electron chi connectivity index (χ0n) is 8.00. The molecule has 1 aliphatic heterocycles. The SMILES string of the molecule is CC1CSC(=NCCN(C)C)N1. The number of rotatable bonds is 3. The highest BCUT2D eigenvalue weighted by atomic mass is 32.2. The minimum atomic E-state index is 0.591. The lowest BCUT2D eigenvalue weighted by Crippen LogP contribution is -2.24. The molecule has 4 heteroatoms. The van der Waals surface area contributed by atoms with Gasteiger partial charge in [0.15, 0.2) is 5.17 Å². The standard InChI is InChI=1S/C8H17N3S/c1-7-6-12-8(10-7)9-4-5-11(2)3/h7H,4-6H2,1-3H3,(H,9,10). The van der Waals surface area contributed by atoms with Crippen molar-refractivity contribution in [1.29, 1.82) is 0 Å². The van der Waals surface area contributed by atoms with Gasteiger partial charge in [-0.1, -0.05) is 11.8 Å². The highest BCUT2D eigenvalue weighted by molar-refractivity contribution is 8.14.